The van der Waals surface area contributed by atoms with Gasteiger partial charge in [0, 0.05) is 5.41 Å². The topological polar surface area (TPSA) is 69.7 Å². The first-order chi connectivity index (χ1) is 8.71. The van der Waals surface area contributed by atoms with E-state index in [1.165, 1.54) is 0 Å². The molecule has 0 aliphatic heterocycles. The summed E-state index contributed by atoms with van der Waals surface area (Å²) in [5.41, 5.74) is -1.61. The SMILES string of the molecule is CCOC(=O)CC(=O)OC1(C)CCCC(C)(C)C1=O. The largest absolute Gasteiger partial charge is 0.466 e. The molecule has 1 saturated carbocycles. The highest BCUT2D eigenvalue weighted by atomic mass is 16.6. The molecule has 0 radical (unpaired) electrons. The molecule has 0 aromatic rings. The summed E-state index contributed by atoms with van der Waals surface area (Å²) in [5.74, 6) is -1.41. The second-order valence-corrected chi connectivity index (χ2v) is 5.75. The van der Waals surface area contributed by atoms with E-state index in [4.69, 9.17) is 4.74 Å². The zero-order valence-corrected chi connectivity index (χ0v) is 12.1. The lowest BCUT2D eigenvalue weighted by Crippen LogP contribution is -2.50. The normalized spacial score (nSPS) is 25.8. The van der Waals surface area contributed by atoms with Crippen molar-refractivity contribution in [1.29, 1.82) is 0 Å². The smallest absolute Gasteiger partial charge is 0.318 e. The number of ether oxygens (including phenoxy) is 2. The van der Waals surface area contributed by atoms with E-state index in [9.17, 15) is 14.4 Å². The number of Topliss-reactive ketones (excluding diaryl/α,β-unsaturated/α-hetero) is 1. The lowest BCUT2D eigenvalue weighted by Gasteiger charge is -2.40. The summed E-state index contributed by atoms with van der Waals surface area (Å²) in [4.78, 5) is 35.2. The zero-order chi connectivity index (χ0) is 14.7. The number of hydrogen-bond acceptors (Lipinski definition) is 5. The Hall–Kier alpha value is -1.39. The maximum atomic E-state index is 12.3. The Morgan fingerprint density at radius 1 is 1.16 bits per heavy atom. The predicted molar refractivity (Wildman–Crippen MR) is 68.4 cm³/mol. The van der Waals surface area contributed by atoms with Crippen LogP contribution in [-0.4, -0.2) is 29.9 Å². The van der Waals surface area contributed by atoms with E-state index in [2.05, 4.69) is 4.74 Å². The fourth-order valence-electron chi connectivity index (χ4n) is 2.53. The molecular formula is C14H22O5. The van der Waals surface area contributed by atoms with E-state index in [-0.39, 0.29) is 12.4 Å². The molecule has 5 nitrogen and oxygen atoms in total. The van der Waals surface area contributed by atoms with Gasteiger partial charge in [0.2, 0.25) is 0 Å². The number of carbonyl (C=O) groups is 3. The Labute approximate surface area is 113 Å². The molecule has 0 spiro atoms. The Morgan fingerprint density at radius 3 is 2.37 bits per heavy atom. The van der Waals surface area contributed by atoms with Crippen LogP contribution in [0.4, 0.5) is 0 Å². The van der Waals surface area contributed by atoms with Crippen molar-refractivity contribution >= 4 is 17.7 Å². The Balaban J connectivity index is 2.66. The Morgan fingerprint density at radius 2 is 1.79 bits per heavy atom. The third-order valence-corrected chi connectivity index (χ3v) is 3.48. The van der Waals surface area contributed by atoms with E-state index in [0.29, 0.717) is 6.42 Å². The van der Waals surface area contributed by atoms with Crippen LogP contribution in [0.1, 0.15) is 53.4 Å². The van der Waals surface area contributed by atoms with Crippen molar-refractivity contribution in [3.63, 3.8) is 0 Å². The third kappa shape index (κ3) is 3.78. The second-order valence-electron chi connectivity index (χ2n) is 5.75. The van der Waals surface area contributed by atoms with Crippen LogP contribution in [0, 0.1) is 5.41 Å². The summed E-state index contributed by atoms with van der Waals surface area (Å²) in [6.45, 7) is 7.21. The average molecular weight is 270 g/mol. The second kappa shape index (κ2) is 5.72. The van der Waals surface area contributed by atoms with Crippen LogP contribution < -0.4 is 0 Å². The van der Waals surface area contributed by atoms with Crippen LogP contribution in [0.5, 0.6) is 0 Å². The number of carbonyl (C=O) groups excluding carboxylic acids is 3. The first-order valence-corrected chi connectivity index (χ1v) is 6.63. The first kappa shape index (κ1) is 15.7. The van der Waals surface area contributed by atoms with E-state index >= 15 is 0 Å². The van der Waals surface area contributed by atoms with Crippen LogP contribution in [0.3, 0.4) is 0 Å². The molecule has 0 aromatic carbocycles. The van der Waals surface area contributed by atoms with Gasteiger partial charge in [-0.1, -0.05) is 13.8 Å². The summed E-state index contributed by atoms with van der Waals surface area (Å²) in [7, 11) is 0. The molecule has 0 saturated heterocycles. The summed E-state index contributed by atoms with van der Waals surface area (Å²) < 4.78 is 9.93. The van der Waals surface area contributed by atoms with Gasteiger partial charge < -0.3 is 9.47 Å². The minimum absolute atomic E-state index is 0.0801. The highest BCUT2D eigenvalue weighted by Gasteiger charge is 2.48. The number of ketones is 1. The lowest BCUT2D eigenvalue weighted by atomic mass is 9.69. The molecule has 108 valence electrons. The molecule has 1 fully saturated rings. The molecular weight excluding hydrogens is 248 g/mol. The monoisotopic (exact) mass is 270 g/mol. The van der Waals surface area contributed by atoms with E-state index in [1.807, 2.05) is 13.8 Å². The number of esters is 2. The summed E-state index contributed by atoms with van der Waals surface area (Å²) >= 11 is 0. The number of hydrogen-bond donors (Lipinski definition) is 0. The van der Waals surface area contributed by atoms with Gasteiger partial charge >= 0.3 is 11.9 Å². The van der Waals surface area contributed by atoms with Crippen LogP contribution in [0.15, 0.2) is 0 Å². The number of rotatable bonds is 4. The molecule has 1 atom stereocenters. The van der Waals surface area contributed by atoms with Crippen molar-refractivity contribution in [2.45, 2.75) is 59.0 Å². The molecule has 0 bridgehead atoms. The van der Waals surface area contributed by atoms with Gasteiger partial charge in [0.1, 0.15) is 6.42 Å². The average Bonchev–Trinajstić information content (AvgIpc) is 2.25. The molecule has 0 heterocycles. The molecule has 1 rings (SSSR count). The predicted octanol–water partition coefficient (Wildman–Crippen LogP) is 2.02. The Kier molecular flexibility index (Phi) is 4.71. The van der Waals surface area contributed by atoms with Crippen molar-refractivity contribution in [2.24, 2.45) is 5.41 Å². The van der Waals surface area contributed by atoms with Gasteiger partial charge in [-0.25, -0.2) is 0 Å². The maximum Gasteiger partial charge on any atom is 0.318 e. The standard InChI is InChI=1S/C14H22O5/c1-5-18-10(15)9-11(16)19-14(4)8-6-7-13(2,3)12(14)17/h5-9H2,1-4H3. The van der Waals surface area contributed by atoms with Crippen molar-refractivity contribution in [3.8, 4) is 0 Å². The van der Waals surface area contributed by atoms with Crippen LogP contribution in [0.2, 0.25) is 0 Å². The summed E-state index contributed by atoms with van der Waals surface area (Å²) in [6, 6.07) is 0. The lowest BCUT2D eigenvalue weighted by molar-refractivity contribution is -0.176. The van der Waals surface area contributed by atoms with Crippen molar-refractivity contribution < 1.29 is 23.9 Å². The molecule has 0 aromatic heterocycles. The minimum atomic E-state index is -1.12. The highest BCUT2D eigenvalue weighted by Crippen LogP contribution is 2.39. The van der Waals surface area contributed by atoms with Gasteiger partial charge in [-0.2, -0.15) is 0 Å². The Bertz CT molecular complexity index is 385. The van der Waals surface area contributed by atoms with E-state index in [1.54, 1.807) is 13.8 Å². The molecule has 0 amide bonds. The fraction of sp³-hybridized carbons (Fsp3) is 0.786. The van der Waals surface area contributed by atoms with Crippen molar-refractivity contribution in [3.05, 3.63) is 0 Å². The quantitative estimate of drug-likeness (QED) is 0.577. The van der Waals surface area contributed by atoms with E-state index in [0.717, 1.165) is 12.8 Å². The fourth-order valence-corrected chi connectivity index (χ4v) is 2.53. The summed E-state index contributed by atoms with van der Waals surface area (Å²) in [6.07, 6.45) is 1.67. The molecule has 1 aliphatic carbocycles. The van der Waals surface area contributed by atoms with Crippen molar-refractivity contribution in [1.82, 2.24) is 0 Å². The van der Waals surface area contributed by atoms with Gasteiger partial charge in [-0.15, -0.1) is 0 Å². The molecule has 0 N–H and O–H groups in total. The third-order valence-electron chi connectivity index (χ3n) is 3.48. The summed E-state index contributed by atoms with van der Waals surface area (Å²) in [5, 5.41) is 0. The van der Waals surface area contributed by atoms with Gasteiger partial charge in [-0.3, -0.25) is 14.4 Å². The minimum Gasteiger partial charge on any atom is -0.466 e. The highest BCUT2D eigenvalue weighted by molar-refractivity contribution is 5.96. The molecule has 1 aliphatic rings. The van der Waals surface area contributed by atoms with Gasteiger partial charge in [0.25, 0.3) is 0 Å². The molecule has 5 heteroatoms. The van der Waals surface area contributed by atoms with Gasteiger partial charge in [0.15, 0.2) is 11.4 Å². The van der Waals surface area contributed by atoms with E-state index < -0.39 is 29.4 Å². The van der Waals surface area contributed by atoms with Crippen LogP contribution in [-0.2, 0) is 23.9 Å². The van der Waals surface area contributed by atoms with Crippen LogP contribution >= 0.6 is 0 Å². The molecule has 19 heavy (non-hydrogen) atoms. The van der Waals surface area contributed by atoms with Gasteiger partial charge in [-0.05, 0) is 33.1 Å². The first-order valence-electron chi connectivity index (χ1n) is 6.63. The zero-order valence-electron chi connectivity index (χ0n) is 12.1. The van der Waals surface area contributed by atoms with Crippen LogP contribution in [0.25, 0.3) is 0 Å². The van der Waals surface area contributed by atoms with Gasteiger partial charge in [0.05, 0.1) is 6.61 Å². The molecule has 1 unspecified atom stereocenters. The maximum absolute atomic E-state index is 12.3. The van der Waals surface area contributed by atoms with Crippen molar-refractivity contribution in [2.75, 3.05) is 6.61 Å².